The van der Waals surface area contributed by atoms with E-state index in [0.29, 0.717) is 0 Å². The quantitative estimate of drug-likeness (QED) is 0.126. The fourth-order valence-corrected chi connectivity index (χ4v) is 18.9. The van der Waals surface area contributed by atoms with Crippen LogP contribution in [0.4, 0.5) is 0 Å². The van der Waals surface area contributed by atoms with Crippen LogP contribution in [0.5, 0.6) is 0 Å². The van der Waals surface area contributed by atoms with Crippen molar-refractivity contribution in [2.24, 2.45) is 0 Å². The summed E-state index contributed by atoms with van der Waals surface area (Å²) in [5.74, 6) is 0. The molecule has 0 saturated carbocycles. The van der Waals surface area contributed by atoms with Crippen molar-refractivity contribution < 1.29 is 14.5 Å². The standard InChI is InChI=1S/C15H24NO3S.3C4H9.Sn/c1-4-5-6-7-14(19-3)12-16-20(17,18)15-10-8-13(2)9-11-15;3*1-3-4-2;/h8-11,14,16H,3-7,12H2,1-2H3;3*1,3-4H2,2H3;/i3D;;;;. The van der Waals surface area contributed by atoms with Crippen molar-refractivity contribution in [2.45, 2.75) is 123 Å². The van der Waals surface area contributed by atoms with Crippen LogP contribution in [0.25, 0.3) is 0 Å². The first-order chi connectivity index (χ1) is 16.2. The zero-order valence-electron chi connectivity index (χ0n) is 23.0. The van der Waals surface area contributed by atoms with Gasteiger partial charge in [-0.2, -0.15) is 0 Å². The van der Waals surface area contributed by atoms with Gasteiger partial charge in [-0.05, 0) is 0 Å². The van der Waals surface area contributed by atoms with E-state index in [0.717, 1.165) is 31.2 Å². The Hall–Kier alpha value is -0.111. The third-order valence-corrected chi connectivity index (χ3v) is 21.4. The first-order valence-corrected chi connectivity index (χ1v) is 22.6. The molecule has 2 atom stereocenters. The molecule has 33 heavy (non-hydrogen) atoms. The van der Waals surface area contributed by atoms with Crippen LogP contribution in [0.15, 0.2) is 29.2 Å². The molecule has 0 saturated heterocycles. The van der Waals surface area contributed by atoms with E-state index in [1.807, 2.05) is 19.1 Å². The Bertz CT molecular complexity index is 736. The molecule has 4 nitrogen and oxygen atoms in total. The van der Waals surface area contributed by atoms with E-state index in [1.54, 1.807) is 12.1 Å². The molecule has 1 aromatic rings. The average molecular weight is 589 g/mol. The summed E-state index contributed by atoms with van der Waals surface area (Å²) in [5, 5.41) is 0. The Balaban J connectivity index is 3.02. The van der Waals surface area contributed by atoms with Gasteiger partial charge in [0, 0.05) is 0 Å². The SMILES string of the molecule is [2H][CH](OC(CCCCC)CNS(=O)(=O)c1ccc(C)cc1)[Sn]([CH2]CCC)([CH2]CCC)[CH2]CCC. The van der Waals surface area contributed by atoms with Crippen molar-refractivity contribution in [3.63, 3.8) is 0 Å². The molecule has 6 heteroatoms. The Kier molecular flexibility index (Phi) is 15.3. The summed E-state index contributed by atoms with van der Waals surface area (Å²) in [7, 11) is -3.59. The van der Waals surface area contributed by atoms with Crippen LogP contribution >= 0.6 is 0 Å². The number of aryl methyl sites for hydroxylation is 1. The van der Waals surface area contributed by atoms with E-state index < -0.39 is 33.0 Å². The first kappa shape index (κ1) is 29.1. The number of benzene rings is 1. The van der Waals surface area contributed by atoms with Gasteiger partial charge in [0.15, 0.2) is 0 Å². The van der Waals surface area contributed by atoms with E-state index >= 15 is 0 Å². The van der Waals surface area contributed by atoms with Crippen molar-refractivity contribution in [3.8, 4) is 0 Å². The number of unbranched alkanes of at least 4 members (excludes halogenated alkanes) is 5. The van der Waals surface area contributed by atoms with Crippen LogP contribution in [0.2, 0.25) is 13.3 Å². The number of sulfonamides is 1. The zero-order chi connectivity index (χ0) is 25.5. The van der Waals surface area contributed by atoms with Crippen molar-refractivity contribution in [3.05, 3.63) is 29.8 Å². The van der Waals surface area contributed by atoms with Gasteiger partial charge >= 0.3 is 212 Å². The molecule has 0 aliphatic heterocycles. The Morgan fingerprint density at radius 3 is 1.88 bits per heavy atom. The van der Waals surface area contributed by atoms with Gasteiger partial charge in [0.1, 0.15) is 0 Å². The van der Waals surface area contributed by atoms with Crippen LogP contribution in [-0.2, 0) is 14.8 Å². The molecule has 192 valence electrons. The Morgan fingerprint density at radius 1 is 0.879 bits per heavy atom. The summed E-state index contributed by atoms with van der Waals surface area (Å²) >= 11 is -2.87. The van der Waals surface area contributed by atoms with Crippen molar-refractivity contribution in [2.75, 3.05) is 11.1 Å². The van der Waals surface area contributed by atoms with Gasteiger partial charge in [-0.1, -0.05) is 0 Å². The van der Waals surface area contributed by atoms with Crippen molar-refractivity contribution >= 4 is 28.4 Å². The van der Waals surface area contributed by atoms with Crippen molar-refractivity contribution in [1.82, 2.24) is 4.72 Å². The second-order valence-corrected chi connectivity index (χ2v) is 24.2. The van der Waals surface area contributed by atoms with Crippen LogP contribution in [0, 0.1) is 6.92 Å². The van der Waals surface area contributed by atoms with Gasteiger partial charge in [-0.25, -0.2) is 0 Å². The molecule has 0 radical (unpaired) electrons. The molecule has 0 aliphatic carbocycles. The Labute approximate surface area is 211 Å². The molecule has 0 fully saturated rings. The molecule has 1 N–H and O–H groups in total. The molecule has 1 rings (SSSR count). The van der Waals surface area contributed by atoms with Gasteiger partial charge in [0.25, 0.3) is 0 Å². The van der Waals surface area contributed by atoms with E-state index in [2.05, 4.69) is 32.4 Å². The van der Waals surface area contributed by atoms with E-state index in [-0.39, 0.29) is 17.5 Å². The zero-order valence-corrected chi connectivity index (χ0v) is 25.7. The van der Waals surface area contributed by atoms with Gasteiger partial charge in [0.05, 0.1) is 0 Å². The second kappa shape index (κ2) is 17.3. The van der Waals surface area contributed by atoms with Gasteiger partial charge in [-0.15, -0.1) is 0 Å². The molecule has 0 aromatic heterocycles. The number of ether oxygens (including phenoxy) is 1. The molecular formula is C27H51NO3SSn. The molecule has 1 aromatic carbocycles. The summed E-state index contributed by atoms with van der Waals surface area (Å²) in [4.78, 5) is 0.287. The summed E-state index contributed by atoms with van der Waals surface area (Å²) < 4.78 is 47.6. The summed E-state index contributed by atoms with van der Waals surface area (Å²) in [6.07, 6.45) is 10.9. The molecule has 0 amide bonds. The number of hydrogen-bond donors (Lipinski definition) is 1. The van der Waals surface area contributed by atoms with Crippen LogP contribution < -0.4 is 4.72 Å². The van der Waals surface area contributed by atoms with Gasteiger partial charge in [-0.3, -0.25) is 0 Å². The third kappa shape index (κ3) is 12.4. The van der Waals surface area contributed by atoms with Crippen molar-refractivity contribution in [1.29, 1.82) is 0 Å². The topological polar surface area (TPSA) is 55.4 Å². The number of rotatable bonds is 20. The van der Waals surface area contributed by atoms with E-state index in [4.69, 9.17) is 4.74 Å². The van der Waals surface area contributed by atoms with Gasteiger partial charge < -0.3 is 0 Å². The second-order valence-electron chi connectivity index (χ2n) is 9.71. The predicted octanol–water partition coefficient (Wildman–Crippen LogP) is 7.63. The summed E-state index contributed by atoms with van der Waals surface area (Å²) in [5.41, 5.74) is 1.03. The maximum atomic E-state index is 12.9. The molecule has 2 unspecified atom stereocenters. The minimum atomic E-state index is -3.59. The maximum absolute atomic E-state index is 12.9. The third-order valence-electron chi connectivity index (χ3n) is 6.56. The van der Waals surface area contributed by atoms with Crippen LogP contribution in [-0.4, -0.2) is 44.0 Å². The summed E-state index contributed by atoms with van der Waals surface area (Å²) in [6.45, 7) is 11.1. The summed E-state index contributed by atoms with van der Waals surface area (Å²) in [6, 6.07) is 6.95. The normalized spacial score (nSPS) is 14.8. The Morgan fingerprint density at radius 2 is 1.39 bits per heavy atom. The first-order valence-electron chi connectivity index (χ1n) is 14.0. The molecular weight excluding hydrogens is 537 g/mol. The molecule has 0 bridgehead atoms. The van der Waals surface area contributed by atoms with Gasteiger partial charge in [0.2, 0.25) is 0 Å². The number of nitrogens with one attached hydrogen (secondary N) is 1. The molecule has 0 aliphatic rings. The molecule has 0 heterocycles. The number of hydrogen-bond acceptors (Lipinski definition) is 3. The van der Waals surface area contributed by atoms with E-state index in [1.165, 1.54) is 51.8 Å². The van der Waals surface area contributed by atoms with Crippen LogP contribution in [0.3, 0.4) is 0 Å². The predicted molar refractivity (Wildman–Crippen MR) is 145 cm³/mol. The average Bonchev–Trinajstić information content (AvgIpc) is 2.82. The van der Waals surface area contributed by atoms with Crippen LogP contribution in [0.1, 0.15) is 98.8 Å². The fraction of sp³-hybridized carbons (Fsp3) is 0.778. The fourth-order valence-electron chi connectivity index (χ4n) is 4.22. The minimum absolute atomic E-state index is 0.241. The van der Waals surface area contributed by atoms with E-state index in [9.17, 15) is 9.79 Å². The monoisotopic (exact) mass is 590 g/mol. The molecule has 0 spiro atoms.